The molecule has 4 rings (SSSR count). The second-order valence-corrected chi connectivity index (χ2v) is 14.1. The van der Waals surface area contributed by atoms with Gasteiger partial charge in [-0.25, -0.2) is 14.6 Å². The highest BCUT2D eigenvalue weighted by atomic mass is 79.9. The van der Waals surface area contributed by atoms with Crippen molar-refractivity contribution < 1.29 is 46.2 Å². The van der Waals surface area contributed by atoms with Gasteiger partial charge in [0.2, 0.25) is 17.6 Å². The predicted octanol–water partition coefficient (Wildman–Crippen LogP) is 6.13. The topological polar surface area (TPSA) is 164 Å². The Labute approximate surface area is 300 Å². The van der Waals surface area contributed by atoms with Gasteiger partial charge in [0, 0.05) is 34.6 Å². The summed E-state index contributed by atoms with van der Waals surface area (Å²) in [5.41, 5.74) is 0.618. The molecule has 1 unspecified atom stereocenters. The molecule has 276 valence electrons. The van der Waals surface area contributed by atoms with Crippen LogP contribution in [0.25, 0.3) is 11.4 Å². The highest BCUT2D eigenvalue weighted by Gasteiger charge is 2.66. The Morgan fingerprint density at radius 3 is 2.18 bits per heavy atom. The third kappa shape index (κ3) is 10.3. The van der Waals surface area contributed by atoms with Crippen molar-refractivity contribution in [3.05, 3.63) is 64.4 Å². The molecular weight excluding hydrogens is 744 g/mol. The van der Waals surface area contributed by atoms with Crippen molar-refractivity contribution in [1.29, 1.82) is 0 Å². The van der Waals surface area contributed by atoms with Crippen molar-refractivity contribution in [2.24, 2.45) is 11.8 Å². The summed E-state index contributed by atoms with van der Waals surface area (Å²) < 4.78 is 66.7. The number of nitrogens with one attached hydrogen (secondary N) is 4. The zero-order chi connectivity index (χ0) is 37.6. The first kappa shape index (κ1) is 39.2. The van der Waals surface area contributed by atoms with E-state index in [0.29, 0.717) is 39.3 Å². The first-order valence-corrected chi connectivity index (χ1v) is 16.9. The van der Waals surface area contributed by atoms with E-state index < -0.39 is 47.3 Å². The van der Waals surface area contributed by atoms with Gasteiger partial charge in [0.1, 0.15) is 11.6 Å². The minimum Gasteiger partial charge on any atom is -0.464 e. The molecule has 1 aromatic heterocycles. The number of aromatic nitrogens is 3. The molecule has 1 aliphatic rings. The molecule has 17 heteroatoms. The van der Waals surface area contributed by atoms with Crippen LogP contribution in [-0.4, -0.2) is 70.3 Å². The van der Waals surface area contributed by atoms with Crippen molar-refractivity contribution in [2.75, 3.05) is 19.0 Å². The van der Waals surface area contributed by atoms with Gasteiger partial charge in [0.15, 0.2) is 5.82 Å². The fourth-order valence-corrected chi connectivity index (χ4v) is 5.66. The van der Waals surface area contributed by atoms with Gasteiger partial charge in [-0.2, -0.15) is 22.7 Å². The average molecular weight is 784 g/mol. The van der Waals surface area contributed by atoms with E-state index in [1.54, 1.807) is 25.9 Å². The monoisotopic (exact) mass is 782 g/mol. The van der Waals surface area contributed by atoms with Crippen LogP contribution in [0.4, 0.5) is 28.0 Å². The fourth-order valence-electron chi connectivity index (χ4n) is 5.39. The van der Waals surface area contributed by atoms with Gasteiger partial charge in [-0.15, -0.1) is 0 Å². The van der Waals surface area contributed by atoms with Gasteiger partial charge in [-0.3, -0.25) is 14.7 Å². The zero-order valence-corrected chi connectivity index (χ0v) is 29.9. The molecule has 2 aromatic carbocycles. The molecule has 3 aromatic rings. The van der Waals surface area contributed by atoms with Crippen LogP contribution >= 0.6 is 15.9 Å². The number of aromatic amines is 1. The molecule has 1 atom stereocenters. The number of anilines is 1. The molecule has 0 spiro atoms. The van der Waals surface area contributed by atoms with Crippen LogP contribution in [0.15, 0.2) is 53.0 Å². The Morgan fingerprint density at radius 2 is 1.59 bits per heavy atom. The fraction of sp³-hybridized carbons (Fsp3) is 0.471. The number of H-pyrrole nitrogens is 1. The van der Waals surface area contributed by atoms with Crippen molar-refractivity contribution in [1.82, 2.24) is 25.8 Å². The standard InChI is InChI=1S/C34H39BrF4N6O6/c1-32(2,3)51-31(49)40-18-20-5-9-22(10-6-20)27(46)42-25(17-19-7-13-23(35)14-8-19)28(47)41-24-15-11-21(12-16-24)26-43-29(45-44-26)33(36,37)34(38,39)30(48)50-4/h7-8,11-16,20,22,25H,5-6,9-10,17-18H2,1-4H3,(H,40,49)(H,41,47)(H,42,46)(H,43,44,45). The summed E-state index contributed by atoms with van der Waals surface area (Å²) >= 11 is 3.39. The molecule has 0 radical (unpaired) electrons. The van der Waals surface area contributed by atoms with Crippen LogP contribution in [-0.2, 0) is 36.2 Å². The van der Waals surface area contributed by atoms with Crippen LogP contribution in [0, 0.1) is 11.8 Å². The number of amides is 3. The van der Waals surface area contributed by atoms with E-state index >= 15 is 0 Å². The van der Waals surface area contributed by atoms with Gasteiger partial charge >= 0.3 is 23.9 Å². The molecule has 1 aliphatic carbocycles. The lowest BCUT2D eigenvalue weighted by atomic mass is 9.81. The van der Waals surface area contributed by atoms with Crippen molar-refractivity contribution in [3.63, 3.8) is 0 Å². The maximum absolute atomic E-state index is 14.4. The second-order valence-electron chi connectivity index (χ2n) is 13.2. The van der Waals surface area contributed by atoms with Crippen LogP contribution in [0.3, 0.4) is 0 Å². The Hall–Kier alpha value is -4.54. The first-order chi connectivity index (χ1) is 23.9. The second kappa shape index (κ2) is 16.2. The summed E-state index contributed by atoms with van der Waals surface area (Å²) in [4.78, 5) is 53.7. The Kier molecular flexibility index (Phi) is 12.5. The van der Waals surface area contributed by atoms with Crippen molar-refractivity contribution >= 4 is 45.5 Å². The zero-order valence-electron chi connectivity index (χ0n) is 28.3. The van der Waals surface area contributed by atoms with Crippen molar-refractivity contribution in [2.45, 2.75) is 76.4 Å². The number of alkyl halides is 4. The molecule has 1 fully saturated rings. The number of halogens is 5. The summed E-state index contributed by atoms with van der Waals surface area (Å²) in [6.07, 6.45) is 2.27. The number of ether oxygens (including phenoxy) is 2. The molecule has 1 heterocycles. The normalized spacial score (nSPS) is 17.2. The smallest absolute Gasteiger partial charge is 0.412 e. The number of hydrogen-bond acceptors (Lipinski definition) is 8. The summed E-state index contributed by atoms with van der Waals surface area (Å²) in [6, 6.07) is 11.9. The quantitative estimate of drug-likeness (QED) is 0.126. The summed E-state index contributed by atoms with van der Waals surface area (Å²) in [5.74, 6) is -15.5. The summed E-state index contributed by atoms with van der Waals surface area (Å²) in [7, 11) is 0.553. The number of alkyl carbamates (subject to hydrolysis) is 1. The van der Waals surface area contributed by atoms with Crippen LogP contribution in [0.1, 0.15) is 57.8 Å². The predicted molar refractivity (Wildman–Crippen MR) is 181 cm³/mol. The minimum atomic E-state index is -5.20. The Morgan fingerprint density at radius 1 is 0.961 bits per heavy atom. The largest absolute Gasteiger partial charge is 0.464 e. The number of methoxy groups -OCH3 is 1. The number of carbonyl (C=O) groups excluding carboxylic acids is 4. The number of hydrogen-bond donors (Lipinski definition) is 4. The lowest BCUT2D eigenvalue weighted by molar-refractivity contribution is -0.233. The molecule has 4 N–H and O–H groups in total. The summed E-state index contributed by atoms with van der Waals surface area (Å²) in [6.45, 7) is 5.79. The Balaban J connectivity index is 1.40. The highest BCUT2D eigenvalue weighted by molar-refractivity contribution is 9.10. The SMILES string of the molecule is COC(=O)C(F)(F)C(F)(F)c1nc(-c2ccc(NC(=O)C(Cc3ccc(Br)cc3)NC(=O)C3CCC(CNC(=O)OC(C)(C)C)CC3)cc2)n[nH]1. The minimum absolute atomic E-state index is 0.143. The lowest BCUT2D eigenvalue weighted by Crippen LogP contribution is -2.48. The lowest BCUT2D eigenvalue weighted by Gasteiger charge is -2.29. The van der Waals surface area contributed by atoms with Crippen LogP contribution < -0.4 is 16.0 Å². The average Bonchev–Trinajstić information content (AvgIpc) is 3.59. The molecule has 3 amide bonds. The van der Waals surface area contributed by atoms with E-state index in [1.165, 1.54) is 24.3 Å². The van der Waals surface area contributed by atoms with E-state index in [0.717, 1.165) is 10.0 Å². The third-order valence-corrected chi connectivity index (χ3v) is 8.70. The third-order valence-electron chi connectivity index (χ3n) is 8.17. The molecule has 0 bridgehead atoms. The van der Waals surface area contributed by atoms with E-state index in [9.17, 15) is 36.7 Å². The number of benzene rings is 2. The maximum Gasteiger partial charge on any atom is 0.412 e. The number of carbonyl (C=O) groups is 4. The van der Waals surface area contributed by atoms with Gasteiger partial charge in [0.25, 0.3) is 0 Å². The Bertz CT molecular complexity index is 1690. The maximum atomic E-state index is 14.4. The van der Waals surface area contributed by atoms with E-state index in [2.05, 4.69) is 46.7 Å². The van der Waals surface area contributed by atoms with Crippen molar-refractivity contribution in [3.8, 4) is 11.4 Å². The molecule has 1 saturated carbocycles. The first-order valence-electron chi connectivity index (χ1n) is 16.1. The number of esters is 1. The van der Waals surface area contributed by atoms with Gasteiger partial charge < -0.3 is 25.4 Å². The van der Waals surface area contributed by atoms with Gasteiger partial charge in [-0.05, 0) is 94.3 Å². The molecule has 51 heavy (non-hydrogen) atoms. The number of nitrogens with zero attached hydrogens (tertiary/aromatic N) is 2. The van der Waals surface area contributed by atoms with E-state index in [1.807, 2.05) is 24.3 Å². The molecule has 12 nitrogen and oxygen atoms in total. The molecule has 0 aliphatic heterocycles. The molecule has 0 saturated heterocycles. The van der Waals surface area contributed by atoms with Crippen LogP contribution in [0.5, 0.6) is 0 Å². The van der Waals surface area contributed by atoms with Gasteiger partial charge in [-0.1, -0.05) is 28.1 Å². The number of rotatable bonds is 12. The van der Waals surface area contributed by atoms with Gasteiger partial charge in [0.05, 0.1) is 7.11 Å². The van der Waals surface area contributed by atoms with Crippen LogP contribution in [0.2, 0.25) is 0 Å². The summed E-state index contributed by atoms with van der Waals surface area (Å²) in [5, 5.41) is 13.7. The van der Waals surface area contributed by atoms with E-state index in [-0.39, 0.29) is 41.2 Å². The molecular formula is C34H39BrF4N6O6. The highest BCUT2D eigenvalue weighted by Crippen LogP contribution is 2.42. The van der Waals surface area contributed by atoms with E-state index in [4.69, 9.17) is 4.74 Å².